The maximum absolute atomic E-state index is 12.8. The lowest BCUT2D eigenvalue weighted by molar-refractivity contribution is 0.101. The Labute approximate surface area is 182 Å². The van der Waals surface area contributed by atoms with Crippen molar-refractivity contribution in [3.05, 3.63) is 88.3 Å². The van der Waals surface area contributed by atoms with E-state index in [1.165, 1.54) is 11.3 Å². The molecule has 0 radical (unpaired) electrons. The number of carbonyl (C=O) groups is 2. The predicted molar refractivity (Wildman–Crippen MR) is 122 cm³/mol. The molecule has 1 heterocycles. The molecule has 2 N–H and O–H groups in total. The third kappa shape index (κ3) is 4.15. The topological polar surface area (TPSA) is 67.4 Å². The van der Waals surface area contributed by atoms with Crippen molar-refractivity contribution in [1.29, 1.82) is 0 Å². The highest BCUT2D eigenvalue weighted by Gasteiger charge is 2.18. The lowest BCUT2D eigenvalue weighted by Gasteiger charge is -2.08. The summed E-state index contributed by atoms with van der Waals surface area (Å²) in [6.45, 7) is 0. The fraction of sp³-hybridized carbons (Fsp3) is 0.0435. The van der Waals surface area contributed by atoms with Crippen LogP contribution in [0.15, 0.2) is 72.8 Å². The normalized spacial score (nSPS) is 10.6. The number of hydrogen-bond donors (Lipinski definition) is 2. The summed E-state index contributed by atoms with van der Waals surface area (Å²) in [6.07, 6.45) is 0. The number of halogens is 1. The quantitative estimate of drug-likeness (QED) is 0.399. The molecule has 0 bridgehead atoms. The number of amides is 2. The lowest BCUT2D eigenvalue weighted by Crippen LogP contribution is -2.14. The van der Waals surface area contributed by atoms with E-state index in [1.54, 1.807) is 37.4 Å². The summed E-state index contributed by atoms with van der Waals surface area (Å²) in [5, 5.41) is 6.84. The molecular formula is C23H17ClN2O3S. The molecule has 3 aromatic carbocycles. The van der Waals surface area contributed by atoms with Crippen LogP contribution >= 0.6 is 22.9 Å². The van der Waals surface area contributed by atoms with Gasteiger partial charge < -0.3 is 15.4 Å². The highest BCUT2D eigenvalue weighted by molar-refractivity contribution is 7.21. The van der Waals surface area contributed by atoms with Gasteiger partial charge in [-0.05, 0) is 48.5 Å². The Bertz CT molecular complexity index is 1240. The number of nitrogens with one attached hydrogen (secondary N) is 2. The second-order valence-corrected chi connectivity index (χ2v) is 7.89. The van der Waals surface area contributed by atoms with Crippen molar-refractivity contribution < 1.29 is 14.3 Å². The average molecular weight is 437 g/mol. The van der Waals surface area contributed by atoms with E-state index in [4.69, 9.17) is 16.3 Å². The standard InChI is InChI=1S/C23H17ClN2O3S/c1-29-17-10-11-18-19(13-17)30-21(20(18)24)23(28)26-16-9-5-6-14(12-16)22(27)25-15-7-3-2-4-8-15/h2-13H,1H3,(H,25,27)(H,26,28). The van der Waals surface area contributed by atoms with Crippen LogP contribution in [0.2, 0.25) is 5.02 Å². The second kappa shape index (κ2) is 8.57. The Morgan fingerprint density at radius 3 is 2.37 bits per heavy atom. The van der Waals surface area contributed by atoms with E-state index in [0.29, 0.717) is 32.6 Å². The molecule has 0 saturated carbocycles. The summed E-state index contributed by atoms with van der Waals surface area (Å²) >= 11 is 7.72. The summed E-state index contributed by atoms with van der Waals surface area (Å²) in [5.74, 6) is 0.106. The number of ether oxygens (including phenoxy) is 1. The van der Waals surface area contributed by atoms with Crippen molar-refractivity contribution >= 4 is 56.2 Å². The van der Waals surface area contributed by atoms with Gasteiger partial charge in [-0.3, -0.25) is 9.59 Å². The van der Waals surface area contributed by atoms with Crippen molar-refractivity contribution in [1.82, 2.24) is 0 Å². The molecule has 0 saturated heterocycles. The SMILES string of the molecule is COc1ccc2c(Cl)c(C(=O)Nc3cccc(C(=O)Nc4ccccc4)c3)sc2c1. The molecule has 7 heteroatoms. The molecule has 4 rings (SSSR count). The van der Waals surface area contributed by atoms with Crippen LogP contribution < -0.4 is 15.4 Å². The Hall–Kier alpha value is -3.35. The molecule has 150 valence electrons. The molecular weight excluding hydrogens is 420 g/mol. The minimum Gasteiger partial charge on any atom is -0.497 e. The monoisotopic (exact) mass is 436 g/mol. The Morgan fingerprint density at radius 2 is 1.60 bits per heavy atom. The smallest absolute Gasteiger partial charge is 0.267 e. The van der Waals surface area contributed by atoms with E-state index in [-0.39, 0.29) is 11.8 Å². The van der Waals surface area contributed by atoms with Gasteiger partial charge in [0.1, 0.15) is 10.6 Å². The molecule has 0 spiro atoms. The second-order valence-electron chi connectivity index (χ2n) is 6.46. The first-order valence-corrected chi connectivity index (χ1v) is 10.3. The Kier molecular flexibility index (Phi) is 5.70. The van der Waals surface area contributed by atoms with Gasteiger partial charge in [-0.2, -0.15) is 0 Å². The van der Waals surface area contributed by atoms with E-state index < -0.39 is 0 Å². The molecule has 0 aliphatic heterocycles. The zero-order valence-corrected chi connectivity index (χ0v) is 17.5. The summed E-state index contributed by atoms with van der Waals surface area (Å²) in [5.41, 5.74) is 1.64. The number of fused-ring (bicyclic) bond motifs is 1. The zero-order chi connectivity index (χ0) is 21.1. The van der Waals surface area contributed by atoms with Crippen molar-refractivity contribution in [2.24, 2.45) is 0 Å². The molecule has 1 aromatic heterocycles. The third-order valence-corrected chi connectivity index (χ3v) is 6.11. The number of carbonyl (C=O) groups excluding carboxylic acids is 2. The van der Waals surface area contributed by atoms with Gasteiger partial charge in [-0.15, -0.1) is 11.3 Å². The number of para-hydroxylation sites is 1. The molecule has 0 atom stereocenters. The molecule has 0 aliphatic rings. The van der Waals surface area contributed by atoms with Gasteiger partial charge in [0.2, 0.25) is 0 Å². The molecule has 30 heavy (non-hydrogen) atoms. The van der Waals surface area contributed by atoms with Gasteiger partial charge in [0.15, 0.2) is 0 Å². The first kappa shape index (κ1) is 19.9. The van der Waals surface area contributed by atoms with Crippen LogP contribution in [0.25, 0.3) is 10.1 Å². The maximum Gasteiger partial charge on any atom is 0.267 e. The van der Waals surface area contributed by atoms with E-state index >= 15 is 0 Å². The highest BCUT2D eigenvalue weighted by atomic mass is 35.5. The van der Waals surface area contributed by atoms with E-state index in [0.717, 1.165) is 10.1 Å². The summed E-state index contributed by atoms with van der Waals surface area (Å²) < 4.78 is 6.09. The first-order chi connectivity index (χ1) is 14.5. The summed E-state index contributed by atoms with van der Waals surface area (Å²) in [6, 6.07) is 21.4. The van der Waals surface area contributed by atoms with Crippen LogP contribution in [0.4, 0.5) is 11.4 Å². The highest BCUT2D eigenvalue weighted by Crippen LogP contribution is 2.37. The van der Waals surface area contributed by atoms with E-state index in [9.17, 15) is 9.59 Å². The summed E-state index contributed by atoms with van der Waals surface area (Å²) in [4.78, 5) is 25.7. The van der Waals surface area contributed by atoms with Crippen molar-refractivity contribution in [3.63, 3.8) is 0 Å². The fourth-order valence-electron chi connectivity index (χ4n) is 2.97. The number of methoxy groups -OCH3 is 1. The van der Waals surface area contributed by atoms with Crippen LogP contribution in [0, 0.1) is 0 Å². The van der Waals surface area contributed by atoms with Gasteiger partial charge in [0.05, 0.1) is 12.1 Å². The van der Waals surface area contributed by atoms with E-state index in [1.807, 2.05) is 42.5 Å². The van der Waals surface area contributed by atoms with Gasteiger partial charge in [0.25, 0.3) is 11.8 Å². The Morgan fingerprint density at radius 1 is 0.867 bits per heavy atom. The molecule has 5 nitrogen and oxygen atoms in total. The maximum atomic E-state index is 12.8. The molecule has 0 fully saturated rings. The number of anilines is 2. The van der Waals surface area contributed by atoms with Crippen molar-refractivity contribution in [2.75, 3.05) is 17.7 Å². The van der Waals surface area contributed by atoms with Gasteiger partial charge in [-0.1, -0.05) is 35.9 Å². The number of benzene rings is 3. The summed E-state index contributed by atoms with van der Waals surface area (Å²) in [7, 11) is 1.59. The number of thiophene rings is 1. The van der Waals surface area contributed by atoms with Crippen molar-refractivity contribution in [3.8, 4) is 5.75 Å². The van der Waals surface area contributed by atoms with E-state index in [2.05, 4.69) is 10.6 Å². The molecule has 0 aliphatic carbocycles. The largest absolute Gasteiger partial charge is 0.497 e. The van der Waals surface area contributed by atoms with Gasteiger partial charge >= 0.3 is 0 Å². The van der Waals surface area contributed by atoms with Crippen LogP contribution in [-0.4, -0.2) is 18.9 Å². The molecule has 4 aromatic rings. The van der Waals surface area contributed by atoms with Crippen LogP contribution in [0.3, 0.4) is 0 Å². The van der Waals surface area contributed by atoms with Crippen LogP contribution in [0.1, 0.15) is 20.0 Å². The lowest BCUT2D eigenvalue weighted by atomic mass is 10.1. The van der Waals surface area contributed by atoms with Crippen LogP contribution in [-0.2, 0) is 0 Å². The molecule has 0 unspecified atom stereocenters. The predicted octanol–water partition coefficient (Wildman–Crippen LogP) is 6.07. The average Bonchev–Trinajstić information content (AvgIpc) is 3.10. The van der Waals surface area contributed by atoms with Gasteiger partial charge in [0, 0.05) is 27.0 Å². The molecule has 2 amide bonds. The number of hydrogen-bond acceptors (Lipinski definition) is 4. The minimum atomic E-state index is -0.333. The minimum absolute atomic E-state index is 0.260. The van der Waals surface area contributed by atoms with Gasteiger partial charge in [-0.25, -0.2) is 0 Å². The van der Waals surface area contributed by atoms with Crippen molar-refractivity contribution in [2.45, 2.75) is 0 Å². The zero-order valence-electron chi connectivity index (χ0n) is 15.9. The third-order valence-electron chi connectivity index (χ3n) is 4.46. The fourth-order valence-corrected chi connectivity index (χ4v) is 4.41. The van der Waals surface area contributed by atoms with Crippen LogP contribution in [0.5, 0.6) is 5.75 Å². The Balaban J connectivity index is 1.54. The number of rotatable bonds is 5. The first-order valence-electron chi connectivity index (χ1n) is 9.09.